The van der Waals surface area contributed by atoms with Crippen molar-refractivity contribution in [2.24, 2.45) is 0 Å². The Morgan fingerprint density at radius 3 is 2.44 bits per heavy atom. The molecule has 1 amide bonds. The number of ether oxygens (including phenoxy) is 1. The standard InChI is InChI=1S/C12H21NO3/c1-3-4-7-10(14)13-12(11(15)16-2)8-5-6-9-12/h3-9H2,1-2H3,(H,13,14). The van der Waals surface area contributed by atoms with Gasteiger partial charge in [-0.1, -0.05) is 26.2 Å². The molecule has 92 valence electrons. The fourth-order valence-electron chi connectivity index (χ4n) is 2.22. The van der Waals surface area contributed by atoms with E-state index in [1.807, 2.05) is 6.92 Å². The molecule has 0 aromatic carbocycles. The summed E-state index contributed by atoms with van der Waals surface area (Å²) in [6, 6.07) is 0. The topological polar surface area (TPSA) is 55.4 Å². The number of carbonyl (C=O) groups excluding carboxylic acids is 2. The number of rotatable bonds is 5. The minimum absolute atomic E-state index is 0.0332. The van der Waals surface area contributed by atoms with Crippen molar-refractivity contribution in [2.75, 3.05) is 7.11 Å². The number of carbonyl (C=O) groups is 2. The average Bonchev–Trinajstić information content (AvgIpc) is 2.75. The van der Waals surface area contributed by atoms with Crippen LogP contribution in [0.15, 0.2) is 0 Å². The molecule has 0 spiro atoms. The lowest BCUT2D eigenvalue weighted by molar-refractivity contribution is -0.150. The normalized spacial score (nSPS) is 18.1. The van der Waals surface area contributed by atoms with Crippen LogP contribution in [0.25, 0.3) is 0 Å². The summed E-state index contributed by atoms with van der Waals surface area (Å²) < 4.78 is 4.79. The number of hydrogen-bond acceptors (Lipinski definition) is 3. The number of esters is 1. The lowest BCUT2D eigenvalue weighted by atomic mass is 9.97. The van der Waals surface area contributed by atoms with Crippen LogP contribution < -0.4 is 5.32 Å². The molecule has 0 radical (unpaired) electrons. The first-order chi connectivity index (χ1) is 7.64. The van der Waals surface area contributed by atoms with Gasteiger partial charge in [0.2, 0.25) is 5.91 Å². The van der Waals surface area contributed by atoms with Gasteiger partial charge in [-0.25, -0.2) is 4.79 Å². The van der Waals surface area contributed by atoms with Gasteiger partial charge in [0.25, 0.3) is 0 Å². The van der Waals surface area contributed by atoms with Gasteiger partial charge < -0.3 is 10.1 Å². The maximum Gasteiger partial charge on any atom is 0.331 e. The molecule has 4 heteroatoms. The summed E-state index contributed by atoms with van der Waals surface area (Å²) in [7, 11) is 1.38. The molecule has 16 heavy (non-hydrogen) atoms. The van der Waals surface area contributed by atoms with Crippen LogP contribution in [0.5, 0.6) is 0 Å². The van der Waals surface area contributed by atoms with Crippen LogP contribution >= 0.6 is 0 Å². The van der Waals surface area contributed by atoms with E-state index < -0.39 is 5.54 Å². The van der Waals surface area contributed by atoms with Crippen LogP contribution in [0.4, 0.5) is 0 Å². The zero-order valence-corrected chi connectivity index (χ0v) is 10.2. The third-order valence-electron chi connectivity index (χ3n) is 3.17. The van der Waals surface area contributed by atoms with Gasteiger partial charge in [0.1, 0.15) is 5.54 Å². The van der Waals surface area contributed by atoms with Crippen LogP contribution in [-0.2, 0) is 14.3 Å². The molecule has 0 aromatic heterocycles. The Balaban J connectivity index is 2.57. The monoisotopic (exact) mass is 227 g/mol. The molecule has 1 aliphatic rings. The predicted octanol–water partition coefficient (Wildman–Crippen LogP) is 1.78. The van der Waals surface area contributed by atoms with Gasteiger partial charge in [-0.2, -0.15) is 0 Å². The van der Waals surface area contributed by atoms with Gasteiger partial charge >= 0.3 is 5.97 Å². The van der Waals surface area contributed by atoms with Gasteiger partial charge in [0.05, 0.1) is 7.11 Å². The van der Waals surface area contributed by atoms with E-state index in [1.165, 1.54) is 7.11 Å². The molecule has 0 heterocycles. The molecule has 0 unspecified atom stereocenters. The summed E-state index contributed by atoms with van der Waals surface area (Å²) in [4.78, 5) is 23.4. The Hall–Kier alpha value is -1.06. The highest BCUT2D eigenvalue weighted by Gasteiger charge is 2.43. The molecule has 1 saturated carbocycles. The third-order valence-corrected chi connectivity index (χ3v) is 3.17. The Labute approximate surface area is 96.7 Å². The molecule has 1 N–H and O–H groups in total. The second-order valence-corrected chi connectivity index (χ2v) is 4.43. The lowest BCUT2D eigenvalue weighted by Crippen LogP contribution is -2.53. The Morgan fingerprint density at radius 2 is 1.94 bits per heavy atom. The average molecular weight is 227 g/mol. The van der Waals surface area contributed by atoms with E-state index >= 15 is 0 Å². The highest BCUT2D eigenvalue weighted by Crippen LogP contribution is 2.30. The number of amides is 1. The first-order valence-corrected chi connectivity index (χ1v) is 6.04. The highest BCUT2D eigenvalue weighted by atomic mass is 16.5. The van der Waals surface area contributed by atoms with Crippen molar-refractivity contribution in [3.05, 3.63) is 0 Å². The van der Waals surface area contributed by atoms with E-state index in [9.17, 15) is 9.59 Å². The van der Waals surface area contributed by atoms with Gasteiger partial charge in [-0.15, -0.1) is 0 Å². The molecule has 1 rings (SSSR count). The van der Waals surface area contributed by atoms with Crippen molar-refractivity contribution in [2.45, 2.75) is 57.4 Å². The summed E-state index contributed by atoms with van der Waals surface area (Å²) in [5, 5.41) is 2.86. The van der Waals surface area contributed by atoms with Crippen molar-refractivity contribution in [1.82, 2.24) is 5.32 Å². The van der Waals surface area contributed by atoms with Crippen LogP contribution in [0.3, 0.4) is 0 Å². The van der Waals surface area contributed by atoms with E-state index in [0.717, 1.165) is 25.7 Å². The molecule has 0 bridgehead atoms. The Bertz CT molecular complexity index is 257. The molecular weight excluding hydrogens is 206 g/mol. The predicted molar refractivity (Wildman–Crippen MR) is 60.9 cm³/mol. The molecule has 1 fully saturated rings. The van der Waals surface area contributed by atoms with E-state index in [2.05, 4.69) is 5.32 Å². The second kappa shape index (κ2) is 5.87. The number of unbranched alkanes of at least 4 members (excludes halogenated alkanes) is 1. The molecule has 4 nitrogen and oxygen atoms in total. The van der Waals surface area contributed by atoms with E-state index in [0.29, 0.717) is 19.3 Å². The molecule has 0 aliphatic heterocycles. The summed E-state index contributed by atoms with van der Waals surface area (Å²) in [6.07, 6.45) is 5.71. The van der Waals surface area contributed by atoms with Gasteiger partial charge in [-0.3, -0.25) is 4.79 Å². The number of nitrogens with one attached hydrogen (secondary N) is 1. The lowest BCUT2D eigenvalue weighted by Gasteiger charge is -2.27. The first kappa shape index (κ1) is 13.0. The maximum atomic E-state index is 11.7. The fraction of sp³-hybridized carbons (Fsp3) is 0.833. The zero-order chi connectivity index (χ0) is 12.0. The van der Waals surface area contributed by atoms with Crippen molar-refractivity contribution < 1.29 is 14.3 Å². The van der Waals surface area contributed by atoms with Crippen LogP contribution in [0.2, 0.25) is 0 Å². The number of methoxy groups -OCH3 is 1. The number of hydrogen-bond donors (Lipinski definition) is 1. The fourth-order valence-corrected chi connectivity index (χ4v) is 2.22. The Morgan fingerprint density at radius 1 is 1.31 bits per heavy atom. The van der Waals surface area contributed by atoms with Crippen LogP contribution in [0, 0.1) is 0 Å². The SMILES string of the molecule is CCCCC(=O)NC1(C(=O)OC)CCCC1. The first-order valence-electron chi connectivity index (χ1n) is 6.04. The molecule has 0 aromatic rings. The van der Waals surface area contributed by atoms with E-state index in [-0.39, 0.29) is 11.9 Å². The minimum atomic E-state index is -0.737. The van der Waals surface area contributed by atoms with Gasteiger partial charge in [0.15, 0.2) is 0 Å². The van der Waals surface area contributed by atoms with Crippen molar-refractivity contribution in [3.63, 3.8) is 0 Å². The third kappa shape index (κ3) is 2.97. The highest BCUT2D eigenvalue weighted by molar-refractivity contribution is 5.88. The second-order valence-electron chi connectivity index (χ2n) is 4.43. The van der Waals surface area contributed by atoms with Crippen molar-refractivity contribution in [1.29, 1.82) is 0 Å². The summed E-state index contributed by atoms with van der Waals surface area (Å²) in [5.41, 5.74) is -0.737. The summed E-state index contributed by atoms with van der Waals surface area (Å²) in [6.45, 7) is 2.04. The van der Waals surface area contributed by atoms with Crippen molar-refractivity contribution >= 4 is 11.9 Å². The quantitative estimate of drug-likeness (QED) is 0.728. The largest absolute Gasteiger partial charge is 0.467 e. The maximum absolute atomic E-state index is 11.7. The van der Waals surface area contributed by atoms with Crippen molar-refractivity contribution in [3.8, 4) is 0 Å². The van der Waals surface area contributed by atoms with Gasteiger partial charge in [0, 0.05) is 6.42 Å². The summed E-state index contributed by atoms with van der Waals surface area (Å²) in [5.74, 6) is -0.330. The smallest absolute Gasteiger partial charge is 0.331 e. The van der Waals surface area contributed by atoms with Crippen LogP contribution in [0.1, 0.15) is 51.9 Å². The van der Waals surface area contributed by atoms with Crippen LogP contribution in [-0.4, -0.2) is 24.5 Å². The van der Waals surface area contributed by atoms with E-state index in [4.69, 9.17) is 4.74 Å². The molecule has 0 saturated heterocycles. The Kier molecular flexibility index (Phi) is 4.77. The molecule has 1 aliphatic carbocycles. The van der Waals surface area contributed by atoms with E-state index in [1.54, 1.807) is 0 Å². The molecular formula is C12H21NO3. The minimum Gasteiger partial charge on any atom is -0.467 e. The van der Waals surface area contributed by atoms with Gasteiger partial charge in [-0.05, 0) is 19.3 Å². The molecule has 0 atom stereocenters. The zero-order valence-electron chi connectivity index (χ0n) is 10.2. The summed E-state index contributed by atoms with van der Waals surface area (Å²) >= 11 is 0.